The lowest BCUT2D eigenvalue weighted by Crippen LogP contribution is -2.48. The molecule has 1 aliphatic heterocycles. The summed E-state index contributed by atoms with van der Waals surface area (Å²) in [5.74, 6) is -0.0290. The number of anilines is 1. The maximum absolute atomic E-state index is 10.9. The van der Waals surface area contributed by atoms with E-state index in [1.807, 2.05) is 12.1 Å². The Bertz CT molecular complexity index is 402. The van der Waals surface area contributed by atoms with Crippen LogP contribution in [0.3, 0.4) is 0 Å². The van der Waals surface area contributed by atoms with Crippen LogP contribution >= 0.6 is 0 Å². The summed E-state index contributed by atoms with van der Waals surface area (Å²) in [5, 5.41) is 6.22. The van der Waals surface area contributed by atoms with Crippen LogP contribution in [0.4, 0.5) is 5.69 Å². The van der Waals surface area contributed by atoms with Gasteiger partial charge in [-0.25, -0.2) is 0 Å². The molecule has 0 spiro atoms. The lowest BCUT2D eigenvalue weighted by molar-refractivity contribution is -0.114. The predicted molar refractivity (Wildman–Crippen MR) is 73.5 cm³/mol. The minimum Gasteiger partial charge on any atom is -0.326 e. The molecule has 1 aromatic rings. The number of benzene rings is 1. The molecule has 98 valence electrons. The number of carbonyl (C=O) groups excluding carboxylic acids is 1. The Morgan fingerprint density at radius 1 is 1.44 bits per heavy atom. The summed E-state index contributed by atoms with van der Waals surface area (Å²) in [6, 6.07) is 8.65. The monoisotopic (exact) mass is 247 g/mol. The van der Waals surface area contributed by atoms with Gasteiger partial charge in [0.05, 0.1) is 0 Å². The first-order valence-electron chi connectivity index (χ1n) is 6.46. The molecule has 2 rings (SSSR count). The van der Waals surface area contributed by atoms with Gasteiger partial charge in [0, 0.05) is 44.8 Å². The topological polar surface area (TPSA) is 44.4 Å². The summed E-state index contributed by atoms with van der Waals surface area (Å²) >= 11 is 0. The van der Waals surface area contributed by atoms with Crippen LogP contribution in [-0.4, -0.2) is 36.5 Å². The Kier molecular flexibility index (Phi) is 4.33. The van der Waals surface area contributed by atoms with Crippen molar-refractivity contribution < 1.29 is 4.79 Å². The molecule has 1 heterocycles. The second kappa shape index (κ2) is 5.98. The first-order valence-corrected chi connectivity index (χ1v) is 6.46. The van der Waals surface area contributed by atoms with Crippen LogP contribution < -0.4 is 10.6 Å². The smallest absolute Gasteiger partial charge is 0.221 e. The summed E-state index contributed by atoms with van der Waals surface area (Å²) < 4.78 is 0. The third kappa shape index (κ3) is 3.82. The summed E-state index contributed by atoms with van der Waals surface area (Å²) in [7, 11) is 0. The van der Waals surface area contributed by atoms with E-state index in [1.165, 1.54) is 12.5 Å². The number of piperazine rings is 1. The second-order valence-electron chi connectivity index (χ2n) is 4.97. The number of amides is 1. The fourth-order valence-corrected chi connectivity index (χ4v) is 2.31. The number of rotatable bonds is 3. The van der Waals surface area contributed by atoms with Gasteiger partial charge < -0.3 is 10.6 Å². The molecule has 0 radical (unpaired) electrons. The molecule has 1 aliphatic rings. The molecule has 1 fully saturated rings. The highest BCUT2D eigenvalue weighted by Gasteiger charge is 2.15. The van der Waals surface area contributed by atoms with Crippen LogP contribution in [0.25, 0.3) is 0 Å². The molecule has 1 unspecified atom stereocenters. The van der Waals surface area contributed by atoms with Crippen molar-refractivity contribution in [3.63, 3.8) is 0 Å². The van der Waals surface area contributed by atoms with E-state index < -0.39 is 0 Å². The highest BCUT2D eigenvalue weighted by molar-refractivity contribution is 5.88. The van der Waals surface area contributed by atoms with E-state index in [-0.39, 0.29) is 5.91 Å². The zero-order valence-corrected chi connectivity index (χ0v) is 11.1. The molecule has 0 bridgehead atoms. The number of nitrogens with one attached hydrogen (secondary N) is 2. The SMILES string of the molecule is CC(=O)Nc1ccc(CN2CCNC(C)C2)cc1. The maximum Gasteiger partial charge on any atom is 0.221 e. The molecule has 4 nitrogen and oxygen atoms in total. The van der Waals surface area contributed by atoms with Crippen molar-refractivity contribution in [1.29, 1.82) is 0 Å². The normalized spacial score (nSPS) is 20.7. The number of carbonyl (C=O) groups is 1. The van der Waals surface area contributed by atoms with Crippen LogP contribution in [0.1, 0.15) is 19.4 Å². The van der Waals surface area contributed by atoms with Crippen LogP contribution in [0.15, 0.2) is 24.3 Å². The Balaban J connectivity index is 1.91. The average Bonchev–Trinajstić information content (AvgIpc) is 2.31. The molecule has 2 N–H and O–H groups in total. The van der Waals surface area contributed by atoms with Gasteiger partial charge in [-0.1, -0.05) is 12.1 Å². The van der Waals surface area contributed by atoms with E-state index in [4.69, 9.17) is 0 Å². The van der Waals surface area contributed by atoms with Gasteiger partial charge in [0.2, 0.25) is 5.91 Å². The van der Waals surface area contributed by atoms with Gasteiger partial charge >= 0.3 is 0 Å². The maximum atomic E-state index is 10.9. The third-order valence-corrected chi connectivity index (χ3v) is 3.13. The van der Waals surface area contributed by atoms with Crippen molar-refractivity contribution in [2.75, 3.05) is 25.0 Å². The lowest BCUT2D eigenvalue weighted by atomic mass is 10.1. The van der Waals surface area contributed by atoms with Crippen molar-refractivity contribution in [2.45, 2.75) is 26.4 Å². The molecule has 1 aromatic carbocycles. The van der Waals surface area contributed by atoms with Gasteiger partial charge in [0.15, 0.2) is 0 Å². The van der Waals surface area contributed by atoms with Crippen molar-refractivity contribution in [3.8, 4) is 0 Å². The van der Waals surface area contributed by atoms with E-state index in [0.29, 0.717) is 6.04 Å². The summed E-state index contributed by atoms with van der Waals surface area (Å²) in [6.45, 7) is 7.96. The number of nitrogens with zero attached hydrogens (tertiary/aromatic N) is 1. The average molecular weight is 247 g/mol. The molecule has 1 atom stereocenters. The van der Waals surface area contributed by atoms with E-state index in [0.717, 1.165) is 31.9 Å². The minimum atomic E-state index is -0.0290. The Morgan fingerprint density at radius 2 is 2.17 bits per heavy atom. The molecule has 18 heavy (non-hydrogen) atoms. The fourth-order valence-electron chi connectivity index (χ4n) is 2.31. The van der Waals surface area contributed by atoms with Gasteiger partial charge in [-0.2, -0.15) is 0 Å². The van der Waals surface area contributed by atoms with Crippen molar-refractivity contribution >= 4 is 11.6 Å². The van der Waals surface area contributed by atoms with Gasteiger partial charge in [-0.15, -0.1) is 0 Å². The Morgan fingerprint density at radius 3 is 2.78 bits per heavy atom. The Hall–Kier alpha value is -1.39. The third-order valence-electron chi connectivity index (χ3n) is 3.13. The van der Waals surface area contributed by atoms with Gasteiger partial charge in [0.25, 0.3) is 0 Å². The largest absolute Gasteiger partial charge is 0.326 e. The molecule has 1 amide bonds. The van der Waals surface area contributed by atoms with Crippen LogP contribution in [0.5, 0.6) is 0 Å². The predicted octanol–water partition coefficient (Wildman–Crippen LogP) is 1.44. The van der Waals surface area contributed by atoms with Crippen molar-refractivity contribution in [3.05, 3.63) is 29.8 Å². The number of hydrogen-bond acceptors (Lipinski definition) is 3. The standard InChI is InChI=1S/C14H21N3O/c1-11-9-17(8-7-15-11)10-13-3-5-14(6-4-13)16-12(2)18/h3-6,11,15H,7-10H2,1-2H3,(H,16,18). The van der Waals surface area contributed by atoms with E-state index in [1.54, 1.807) is 0 Å². The van der Waals surface area contributed by atoms with Crippen LogP contribution in [0.2, 0.25) is 0 Å². The summed E-state index contributed by atoms with van der Waals surface area (Å²) in [4.78, 5) is 13.4. The molecule has 0 aliphatic carbocycles. The molecular formula is C14H21N3O. The van der Waals surface area contributed by atoms with E-state index >= 15 is 0 Å². The van der Waals surface area contributed by atoms with Crippen LogP contribution in [0, 0.1) is 0 Å². The van der Waals surface area contributed by atoms with Gasteiger partial charge in [-0.3, -0.25) is 9.69 Å². The quantitative estimate of drug-likeness (QED) is 0.849. The minimum absolute atomic E-state index is 0.0290. The zero-order valence-electron chi connectivity index (χ0n) is 11.1. The first kappa shape index (κ1) is 13.1. The van der Waals surface area contributed by atoms with Crippen molar-refractivity contribution in [2.24, 2.45) is 0 Å². The zero-order chi connectivity index (χ0) is 13.0. The highest BCUT2D eigenvalue weighted by Crippen LogP contribution is 2.12. The van der Waals surface area contributed by atoms with Crippen LogP contribution in [-0.2, 0) is 11.3 Å². The second-order valence-corrected chi connectivity index (χ2v) is 4.97. The summed E-state index contributed by atoms with van der Waals surface area (Å²) in [5.41, 5.74) is 2.15. The van der Waals surface area contributed by atoms with Gasteiger partial charge in [0.1, 0.15) is 0 Å². The van der Waals surface area contributed by atoms with Gasteiger partial charge in [-0.05, 0) is 24.6 Å². The fraction of sp³-hybridized carbons (Fsp3) is 0.500. The molecule has 1 saturated heterocycles. The van der Waals surface area contributed by atoms with E-state index in [9.17, 15) is 4.79 Å². The molecule has 0 aromatic heterocycles. The summed E-state index contributed by atoms with van der Waals surface area (Å²) in [6.07, 6.45) is 0. The molecule has 4 heteroatoms. The molecular weight excluding hydrogens is 226 g/mol. The Labute approximate surface area is 108 Å². The highest BCUT2D eigenvalue weighted by atomic mass is 16.1. The van der Waals surface area contributed by atoms with Crippen molar-refractivity contribution in [1.82, 2.24) is 10.2 Å². The number of hydrogen-bond donors (Lipinski definition) is 2. The first-order chi connectivity index (χ1) is 8.63. The van der Waals surface area contributed by atoms with E-state index in [2.05, 4.69) is 34.6 Å². The molecule has 0 saturated carbocycles. The lowest BCUT2D eigenvalue weighted by Gasteiger charge is -2.31.